The first kappa shape index (κ1) is 36.2. The van der Waals surface area contributed by atoms with Gasteiger partial charge in [-0.15, -0.1) is 0 Å². The van der Waals surface area contributed by atoms with Crippen LogP contribution in [0.2, 0.25) is 5.02 Å². The molecule has 1 atom stereocenters. The van der Waals surface area contributed by atoms with Crippen LogP contribution in [0.3, 0.4) is 0 Å². The molecule has 0 spiro atoms. The van der Waals surface area contributed by atoms with Crippen molar-refractivity contribution in [2.45, 2.75) is 50.2 Å². The number of anilines is 1. The zero-order valence-corrected chi connectivity index (χ0v) is 29.8. The van der Waals surface area contributed by atoms with Crippen LogP contribution in [0.1, 0.15) is 31.9 Å². The van der Waals surface area contributed by atoms with Gasteiger partial charge in [0.25, 0.3) is 10.0 Å². The number of ether oxygens (including phenoxy) is 1. The summed E-state index contributed by atoms with van der Waals surface area (Å²) in [6, 6.07) is 39.1. The van der Waals surface area contributed by atoms with Gasteiger partial charge in [0, 0.05) is 23.5 Å². The lowest BCUT2D eigenvalue weighted by Crippen LogP contribution is -2.56. The molecule has 0 aliphatic rings. The molecule has 0 aliphatic carbocycles. The number of hydrogen-bond acceptors (Lipinski definition) is 5. The second kappa shape index (κ2) is 16.1. The van der Waals surface area contributed by atoms with E-state index in [1.54, 1.807) is 60.7 Å². The van der Waals surface area contributed by atoms with Crippen LogP contribution in [0.5, 0.6) is 11.5 Å². The Labute approximate surface area is 299 Å². The van der Waals surface area contributed by atoms with Crippen LogP contribution in [-0.4, -0.2) is 43.3 Å². The Morgan fingerprint density at radius 1 is 0.740 bits per heavy atom. The normalized spacial score (nSPS) is 12.1. The Bertz CT molecular complexity index is 1990. The van der Waals surface area contributed by atoms with Crippen LogP contribution >= 0.6 is 11.6 Å². The van der Waals surface area contributed by atoms with Crippen molar-refractivity contribution >= 4 is 39.1 Å². The molecule has 0 saturated heterocycles. The molecule has 5 aromatic carbocycles. The van der Waals surface area contributed by atoms with E-state index in [1.165, 1.54) is 17.0 Å². The number of hydrogen-bond donors (Lipinski definition) is 1. The van der Waals surface area contributed by atoms with Crippen molar-refractivity contribution in [2.24, 2.45) is 0 Å². The second-order valence-electron chi connectivity index (χ2n) is 12.8. The minimum absolute atomic E-state index is 0.0114. The fourth-order valence-corrected chi connectivity index (χ4v) is 7.04. The monoisotopic (exact) mass is 709 g/mol. The largest absolute Gasteiger partial charge is 0.457 e. The van der Waals surface area contributed by atoms with Crippen LogP contribution in [0.25, 0.3) is 0 Å². The van der Waals surface area contributed by atoms with Gasteiger partial charge >= 0.3 is 0 Å². The van der Waals surface area contributed by atoms with E-state index in [-0.39, 0.29) is 29.5 Å². The maximum absolute atomic E-state index is 14.7. The fourth-order valence-electron chi connectivity index (χ4n) is 5.39. The SMILES string of the molecule is CC(C)(C)NC(=O)C(Cc1ccccc1)N(Cc1cccc(Cl)c1)C(=O)CN(c1ccc(Oc2ccccc2)cc1)S(=O)(=O)c1ccccc1. The van der Waals surface area contributed by atoms with E-state index >= 15 is 0 Å². The standard InChI is InChI=1S/C40H40ClN3O5S/c1-40(2,3)42-39(46)37(27-30-14-7-4-8-15-30)43(28-31-16-13-17-32(41)26-31)38(45)29-44(50(47,48)36-20-11-6-12-21-36)33-22-24-35(25-23-33)49-34-18-9-5-10-19-34/h4-26,37H,27-29H2,1-3H3,(H,42,46). The fraction of sp³-hybridized carbons (Fsp3) is 0.200. The van der Waals surface area contributed by atoms with Crippen LogP contribution in [0.4, 0.5) is 5.69 Å². The van der Waals surface area contributed by atoms with E-state index in [9.17, 15) is 18.0 Å². The van der Waals surface area contributed by atoms with Crippen LogP contribution < -0.4 is 14.4 Å². The van der Waals surface area contributed by atoms with Gasteiger partial charge in [0.2, 0.25) is 11.8 Å². The molecule has 0 aromatic heterocycles. The third-order valence-corrected chi connectivity index (χ3v) is 9.75. The third kappa shape index (κ3) is 9.74. The minimum atomic E-state index is -4.24. The number of para-hydroxylation sites is 1. The summed E-state index contributed by atoms with van der Waals surface area (Å²) in [6.45, 7) is 5.04. The van der Waals surface area contributed by atoms with Crippen LogP contribution in [-0.2, 0) is 32.6 Å². The van der Waals surface area contributed by atoms with Gasteiger partial charge in [-0.1, -0.05) is 90.5 Å². The lowest BCUT2D eigenvalue weighted by molar-refractivity contribution is -0.140. The van der Waals surface area contributed by atoms with E-state index in [0.717, 1.165) is 9.87 Å². The minimum Gasteiger partial charge on any atom is -0.457 e. The van der Waals surface area contributed by atoms with Gasteiger partial charge in [-0.05, 0) is 92.6 Å². The Morgan fingerprint density at radius 2 is 1.30 bits per heavy atom. The lowest BCUT2D eigenvalue weighted by atomic mass is 10.0. The molecular weight excluding hydrogens is 670 g/mol. The summed E-state index contributed by atoms with van der Waals surface area (Å²) in [5.41, 5.74) is 1.19. The quantitative estimate of drug-likeness (QED) is 0.134. The van der Waals surface area contributed by atoms with E-state index in [2.05, 4.69) is 5.32 Å². The predicted molar refractivity (Wildman–Crippen MR) is 198 cm³/mol. The van der Waals surface area contributed by atoms with Gasteiger partial charge in [-0.3, -0.25) is 13.9 Å². The van der Waals surface area contributed by atoms with Crippen molar-refractivity contribution < 1.29 is 22.7 Å². The lowest BCUT2D eigenvalue weighted by Gasteiger charge is -2.35. The summed E-state index contributed by atoms with van der Waals surface area (Å²) in [7, 11) is -4.24. The number of carbonyl (C=O) groups excluding carboxylic acids is 2. The Hall–Kier alpha value is -5.12. The first-order valence-electron chi connectivity index (χ1n) is 16.2. The molecule has 0 radical (unpaired) electrons. The number of amides is 2. The zero-order chi connectivity index (χ0) is 35.7. The molecular formula is C40H40ClN3O5S. The molecule has 2 amide bonds. The Morgan fingerprint density at radius 3 is 1.90 bits per heavy atom. The van der Waals surface area contributed by atoms with Crippen molar-refractivity contribution in [3.05, 3.63) is 156 Å². The van der Waals surface area contributed by atoms with Crippen molar-refractivity contribution in [3.63, 3.8) is 0 Å². The zero-order valence-electron chi connectivity index (χ0n) is 28.2. The number of carbonyl (C=O) groups is 2. The molecule has 0 fully saturated rings. The van der Waals surface area contributed by atoms with Gasteiger partial charge in [0.15, 0.2) is 0 Å². The van der Waals surface area contributed by atoms with Gasteiger partial charge in [-0.2, -0.15) is 0 Å². The summed E-state index contributed by atoms with van der Waals surface area (Å²) in [6.07, 6.45) is 0.200. The molecule has 5 rings (SSSR count). The molecule has 0 aliphatic heterocycles. The van der Waals surface area contributed by atoms with Gasteiger partial charge < -0.3 is 15.0 Å². The van der Waals surface area contributed by atoms with Crippen molar-refractivity contribution in [2.75, 3.05) is 10.8 Å². The topological polar surface area (TPSA) is 96.0 Å². The molecule has 1 N–H and O–H groups in total. The molecule has 5 aromatic rings. The van der Waals surface area contributed by atoms with Gasteiger partial charge in [0.05, 0.1) is 10.6 Å². The van der Waals surface area contributed by atoms with Crippen LogP contribution in [0, 0.1) is 0 Å². The highest BCUT2D eigenvalue weighted by Crippen LogP contribution is 2.29. The number of nitrogens with one attached hydrogen (secondary N) is 1. The number of sulfonamides is 1. The van der Waals surface area contributed by atoms with E-state index < -0.39 is 34.1 Å². The van der Waals surface area contributed by atoms with Gasteiger partial charge in [-0.25, -0.2) is 8.42 Å². The summed E-state index contributed by atoms with van der Waals surface area (Å²) in [5.74, 6) is 0.183. The summed E-state index contributed by atoms with van der Waals surface area (Å²) >= 11 is 6.34. The predicted octanol–water partition coefficient (Wildman–Crippen LogP) is 7.88. The summed E-state index contributed by atoms with van der Waals surface area (Å²) in [5, 5.41) is 3.51. The molecule has 50 heavy (non-hydrogen) atoms. The highest BCUT2D eigenvalue weighted by atomic mass is 35.5. The highest BCUT2D eigenvalue weighted by Gasteiger charge is 2.35. The Kier molecular flexibility index (Phi) is 11.6. The van der Waals surface area contributed by atoms with Crippen LogP contribution in [0.15, 0.2) is 144 Å². The Balaban J connectivity index is 1.56. The number of benzene rings is 5. The molecule has 8 nitrogen and oxygen atoms in total. The van der Waals surface area contributed by atoms with Crippen molar-refractivity contribution in [3.8, 4) is 11.5 Å². The van der Waals surface area contributed by atoms with Crippen molar-refractivity contribution in [1.29, 1.82) is 0 Å². The molecule has 1 unspecified atom stereocenters. The summed E-state index contributed by atoms with van der Waals surface area (Å²) in [4.78, 5) is 30.2. The molecule has 0 heterocycles. The van der Waals surface area contributed by atoms with E-state index in [0.29, 0.717) is 22.1 Å². The number of halogens is 1. The molecule has 0 bridgehead atoms. The van der Waals surface area contributed by atoms with Gasteiger partial charge in [0.1, 0.15) is 24.1 Å². The average molecular weight is 710 g/mol. The number of rotatable bonds is 13. The smallest absolute Gasteiger partial charge is 0.264 e. The van der Waals surface area contributed by atoms with E-state index in [4.69, 9.17) is 16.3 Å². The summed E-state index contributed by atoms with van der Waals surface area (Å²) < 4.78 is 35.6. The highest BCUT2D eigenvalue weighted by molar-refractivity contribution is 7.92. The number of nitrogens with zero attached hydrogens (tertiary/aromatic N) is 2. The van der Waals surface area contributed by atoms with Crippen molar-refractivity contribution in [1.82, 2.24) is 10.2 Å². The maximum atomic E-state index is 14.7. The maximum Gasteiger partial charge on any atom is 0.264 e. The second-order valence-corrected chi connectivity index (χ2v) is 15.1. The third-order valence-electron chi connectivity index (χ3n) is 7.72. The average Bonchev–Trinajstić information content (AvgIpc) is 3.09. The molecule has 0 saturated carbocycles. The molecule has 10 heteroatoms. The molecule has 258 valence electrons. The van der Waals surface area contributed by atoms with E-state index in [1.807, 2.05) is 87.5 Å². The first-order chi connectivity index (χ1) is 23.9. The first-order valence-corrected chi connectivity index (χ1v) is 18.0.